The van der Waals surface area contributed by atoms with Gasteiger partial charge in [-0.25, -0.2) is 0 Å². The average molecular weight is 897 g/mol. The van der Waals surface area contributed by atoms with Gasteiger partial charge >= 0.3 is 5.97 Å². The first-order valence-corrected chi connectivity index (χ1v) is 22.5. The smallest absolute Gasteiger partial charge is 0.311 e. The first-order valence-electron chi connectivity index (χ1n) is 22.5. The van der Waals surface area contributed by atoms with E-state index in [1.165, 1.54) is 13.8 Å². The van der Waals surface area contributed by atoms with Crippen molar-refractivity contribution < 1.29 is 63.5 Å². The number of hydrogen-bond acceptors (Lipinski definition) is 16. The van der Waals surface area contributed by atoms with Crippen LogP contribution >= 0.6 is 0 Å². The molecule has 3 aliphatic rings. The van der Waals surface area contributed by atoms with Crippen molar-refractivity contribution in [3.8, 4) is 0 Å². The van der Waals surface area contributed by atoms with Gasteiger partial charge in [0.25, 0.3) is 0 Å². The van der Waals surface area contributed by atoms with Crippen LogP contribution in [0.1, 0.15) is 92.6 Å². The lowest BCUT2D eigenvalue weighted by Crippen LogP contribution is -2.52. The van der Waals surface area contributed by atoms with Gasteiger partial charge in [0, 0.05) is 56.3 Å². The number of amides is 1. The van der Waals surface area contributed by atoms with Gasteiger partial charge in [-0.05, 0) is 92.1 Å². The lowest BCUT2D eigenvalue weighted by atomic mass is 9.89. The molecule has 0 saturated carbocycles. The molecule has 0 spiro atoms. The largest absolute Gasteiger partial charge is 0.462 e. The van der Waals surface area contributed by atoms with Gasteiger partial charge in [0.05, 0.1) is 67.3 Å². The van der Waals surface area contributed by atoms with E-state index in [9.17, 15) is 30.0 Å². The summed E-state index contributed by atoms with van der Waals surface area (Å²) in [5, 5.41) is 57.5. The van der Waals surface area contributed by atoms with E-state index in [1.807, 2.05) is 52.2 Å². The van der Waals surface area contributed by atoms with Gasteiger partial charge in [0.1, 0.15) is 12.2 Å². The van der Waals surface area contributed by atoms with Crippen molar-refractivity contribution in [3.63, 3.8) is 0 Å². The first kappa shape index (κ1) is 54.6. The predicted molar refractivity (Wildman–Crippen MR) is 239 cm³/mol. The van der Waals surface area contributed by atoms with E-state index < -0.39 is 97.3 Å². The van der Waals surface area contributed by atoms with Crippen LogP contribution in [0.25, 0.3) is 5.57 Å². The Labute approximate surface area is 375 Å². The number of ether oxygens (including phenoxy) is 6. The van der Waals surface area contributed by atoms with Crippen LogP contribution in [0.5, 0.6) is 0 Å². The van der Waals surface area contributed by atoms with Gasteiger partial charge in [0.15, 0.2) is 12.6 Å². The zero-order chi connectivity index (χ0) is 47.2. The fraction of sp³-hybridized carbons (Fsp3) is 0.783. The maximum atomic E-state index is 13.9. The minimum atomic E-state index is -1.96. The molecule has 17 nitrogen and oxygen atoms in total. The van der Waals surface area contributed by atoms with Gasteiger partial charge in [-0.3, -0.25) is 9.59 Å². The number of nitrogens with one attached hydrogen (secondary N) is 2. The summed E-state index contributed by atoms with van der Waals surface area (Å²) in [5.74, 6) is -3.41. The Morgan fingerprint density at radius 3 is 2.25 bits per heavy atom. The van der Waals surface area contributed by atoms with Crippen molar-refractivity contribution in [2.45, 2.75) is 166 Å². The molecule has 1 aromatic carbocycles. The zero-order valence-corrected chi connectivity index (χ0v) is 39.3. The molecule has 63 heavy (non-hydrogen) atoms. The highest BCUT2D eigenvalue weighted by Crippen LogP contribution is 2.33. The van der Waals surface area contributed by atoms with Crippen molar-refractivity contribution in [2.75, 3.05) is 53.2 Å². The number of benzene rings is 1. The lowest BCUT2D eigenvalue weighted by molar-refractivity contribution is -0.271. The van der Waals surface area contributed by atoms with Crippen LogP contribution in [0.15, 0.2) is 30.8 Å². The van der Waals surface area contributed by atoms with Crippen molar-refractivity contribution in [2.24, 2.45) is 17.8 Å². The van der Waals surface area contributed by atoms with Crippen LogP contribution in [0.2, 0.25) is 0 Å². The SMILES string of the molecule is C=C(CCNCC(O)COC1C[C@@H](C)NC(=O)C(C)C(O)[C@](C)(O)COC(=O)C(C)[C@@H](O[C@H]2CC(C)[C@@H](O)C(C)O2)C[C@H]1OC1CC(N(C)C)CC(C)O1)c1ccccc1N.CO. The van der Waals surface area contributed by atoms with E-state index in [0.29, 0.717) is 31.5 Å². The molecule has 0 aromatic heterocycles. The Kier molecular flexibility index (Phi) is 22.3. The molecule has 3 fully saturated rings. The average Bonchev–Trinajstić information content (AvgIpc) is 3.23. The molecule has 1 amide bonds. The molecule has 10 unspecified atom stereocenters. The summed E-state index contributed by atoms with van der Waals surface area (Å²) in [6.45, 7) is 16.2. The fourth-order valence-electron chi connectivity index (χ4n) is 8.37. The summed E-state index contributed by atoms with van der Waals surface area (Å²) in [6, 6.07) is 7.15. The second-order valence-corrected chi connectivity index (χ2v) is 18.3. The van der Waals surface area contributed by atoms with E-state index in [4.69, 9.17) is 39.3 Å². The third kappa shape index (κ3) is 16.6. The Balaban J connectivity index is 0.00000520. The second-order valence-electron chi connectivity index (χ2n) is 18.3. The molecule has 3 heterocycles. The third-order valence-electron chi connectivity index (χ3n) is 12.5. The number of carbonyl (C=O) groups excluding carboxylic acids is 2. The predicted octanol–water partition coefficient (Wildman–Crippen LogP) is 2.20. The highest BCUT2D eigenvalue weighted by Gasteiger charge is 2.44. The number of nitrogen functional groups attached to an aromatic ring is 1. The van der Waals surface area contributed by atoms with Crippen molar-refractivity contribution in [1.29, 1.82) is 0 Å². The molecule has 3 saturated heterocycles. The number of rotatable bonds is 14. The molecule has 1 aromatic rings. The molecule has 0 bridgehead atoms. The Bertz CT molecular complexity index is 1540. The summed E-state index contributed by atoms with van der Waals surface area (Å²) in [5.41, 5.74) is 6.59. The number of anilines is 1. The molecular formula is C46H80N4O13. The molecule has 4 rings (SSSR count). The Morgan fingerprint density at radius 2 is 1.60 bits per heavy atom. The molecule has 0 aliphatic carbocycles. The van der Waals surface area contributed by atoms with Gasteiger partial charge in [0.2, 0.25) is 5.91 Å². The van der Waals surface area contributed by atoms with E-state index >= 15 is 0 Å². The summed E-state index contributed by atoms with van der Waals surface area (Å²) >= 11 is 0. The zero-order valence-electron chi connectivity index (χ0n) is 39.3. The number of aliphatic hydroxyl groups is 5. The number of aliphatic hydroxyl groups excluding tert-OH is 4. The van der Waals surface area contributed by atoms with Crippen molar-refractivity contribution in [3.05, 3.63) is 36.4 Å². The van der Waals surface area contributed by atoms with Crippen LogP contribution in [0.3, 0.4) is 0 Å². The van der Waals surface area contributed by atoms with Crippen molar-refractivity contribution in [1.82, 2.24) is 15.5 Å². The topological polar surface area (TPSA) is 244 Å². The standard InChI is InChI=1S/C45H76N4O12.CH4O/c1-25(34-13-11-12-14-35(34)46)15-16-47-22-33(50)23-56-37-18-27(3)48-43(53)30(6)42(52)45(8,55)24-57-44(54)29(5)36(60-39-17-26(2)41(51)31(7)59-39)21-38(37)61-40-20-32(49(9)10)19-28(4)58-40;1-2/h11-14,26-33,36-42,47,50-52,55H,1,15-24,46H2,2-10H3,(H,48,53);2H,1H3/t26?,27-,28?,29?,30?,31?,32?,33?,36+,37?,38-,39+,40?,41-,42?,45-;/m1./s1. The summed E-state index contributed by atoms with van der Waals surface area (Å²) in [4.78, 5) is 29.6. The third-order valence-corrected chi connectivity index (χ3v) is 12.5. The molecule has 16 atom stereocenters. The summed E-state index contributed by atoms with van der Waals surface area (Å²) in [6.07, 6.45) is -5.28. The Morgan fingerprint density at radius 1 is 0.952 bits per heavy atom. The van der Waals surface area contributed by atoms with E-state index in [1.54, 1.807) is 20.8 Å². The van der Waals surface area contributed by atoms with Gasteiger partial charge in [-0.1, -0.05) is 38.6 Å². The Hall–Kier alpha value is -2.78. The lowest BCUT2D eigenvalue weighted by Gasteiger charge is -2.42. The fourth-order valence-corrected chi connectivity index (χ4v) is 8.37. The molecule has 3 aliphatic heterocycles. The number of nitrogens with two attached hydrogens (primary N) is 1. The minimum Gasteiger partial charge on any atom is -0.462 e. The van der Waals surface area contributed by atoms with Crippen molar-refractivity contribution >= 4 is 23.1 Å². The van der Waals surface area contributed by atoms with E-state index in [2.05, 4.69) is 22.1 Å². The number of carbonyl (C=O) groups is 2. The van der Waals surface area contributed by atoms with Crippen LogP contribution in [0, 0.1) is 17.8 Å². The number of esters is 1. The second kappa shape index (κ2) is 25.8. The summed E-state index contributed by atoms with van der Waals surface area (Å²) < 4.78 is 38.3. The molecule has 9 N–H and O–H groups in total. The molecule has 0 radical (unpaired) electrons. The number of nitrogens with zero attached hydrogens (tertiary/aromatic N) is 1. The molecule has 17 heteroatoms. The van der Waals surface area contributed by atoms with E-state index in [-0.39, 0.29) is 44.1 Å². The van der Waals surface area contributed by atoms with Gasteiger partial charge in [-0.15, -0.1) is 0 Å². The quantitative estimate of drug-likeness (QED) is 0.0758. The first-order chi connectivity index (χ1) is 29.7. The highest BCUT2D eigenvalue weighted by atomic mass is 16.7. The number of cyclic esters (lactones) is 1. The minimum absolute atomic E-state index is 0.0716. The van der Waals surface area contributed by atoms with Gasteiger partial charge in [-0.2, -0.15) is 0 Å². The van der Waals surface area contributed by atoms with Gasteiger partial charge < -0.3 is 75.2 Å². The van der Waals surface area contributed by atoms with Crippen LogP contribution in [0.4, 0.5) is 5.69 Å². The maximum absolute atomic E-state index is 13.9. The number of para-hydroxylation sites is 1. The van der Waals surface area contributed by atoms with Crippen LogP contribution in [-0.2, 0) is 38.0 Å². The van der Waals surface area contributed by atoms with E-state index in [0.717, 1.165) is 24.7 Å². The highest BCUT2D eigenvalue weighted by molar-refractivity contribution is 5.79. The summed E-state index contributed by atoms with van der Waals surface area (Å²) in [7, 11) is 5.02. The molecular weight excluding hydrogens is 817 g/mol. The number of hydrogen-bond donors (Lipinski definition) is 8. The molecule has 362 valence electrons. The van der Waals surface area contributed by atoms with Crippen LogP contribution in [-0.4, -0.2) is 169 Å². The van der Waals surface area contributed by atoms with Crippen LogP contribution < -0.4 is 16.4 Å². The maximum Gasteiger partial charge on any atom is 0.311 e. The normalized spacial score (nSPS) is 36.8. The monoisotopic (exact) mass is 897 g/mol.